The number of ether oxygens (including phenoxy) is 1. The van der Waals surface area contributed by atoms with Crippen LogP contribution in [0.4, 0.5) is 0 Å². The summed E-state index contributed by atoms with van der Waals surface area (Å²) < 4.78 is 28.5. The molecule has 0 radical (unpaired) electrons. The van der Waals surface area contributed by atoms with Gasteiger partial charge in [-0.15, -0.1) is 0 Å². The molecule has 0 amide bonds. The summed E-state index contributed by atoms with van der Waals surface area (Å²) in [5, 5.41) is -0.491. The highest BCUT2D eigenvalue weighted by Crippen LogP contribution is 2.27. The van der Waals surface area contributed by atoms with Crippen LogP contribution in [0.1, 0.15) is 17.5 Å². The summed E-state index contributed by atoms with van der Waals surface area (Å²) in [5.74, 6) is -0.0519. The van der Waals surface area contributed by atoms with Crippen molar-refractivity contribution in [3.8, 4) is 0 Å². The van der Waals surface area contributed by atoms with E-state index in [0.717, 1.165) is 5.56 Å². The van der Waals surface area contributed by atoms with E-state index < -0.39 is 14.3 Å². The lowest BCUT2D eigenvalue weighted by Crippen LogP contribution is -2.37. The minimum Gasteiger partial charge on any atom is -0.381 e. The average Bonchev–Trinajstić information content (AvgIpc) is 2.31. The zero-order valence-electron chi connectivity index (χ0n) is 10.3. The standard InChI is InChI=1S/C13H17ClO3S/c1-10-2-4-11(5-3-10)8-12-9-17-7-6-13(12)18(14,15)16/h2-5,12-13H,6-9H2,1H3/t12-,13-/m1/s1. The van der Waals surface area contributed by atoms with Crippen LogP contribution in [0.3, 0.4) is 0 Å². The van der Waals surface area contributed by atoms with Crippen molar-refractivity contribution in [3.63, 3.8) is 0 Å². The van der Waals surface area contributed by atoms with E-state index >= 15 is 0 Å². The number of rotatable bonds is 3. The molecule has 1 aliphatic rings. The Morgan fingerprint density at radius 3 is 2.61 bits per heavy atom. The van der Waals surface area contributed by atoms with E-state index in [9.17, 15) is 8.42 Å². The Labute approximate surface area is 113 Å². The van der Waals surface area contributed by atoms with Crippen molar-refractivity contribution < 1.29 is 13.2 Å². The number of halogens is 1. The molecule has 3 nitrogen and oxygen atoms in total. The molecule has 0 N–H and O–H groups in total. The summed E-state index contributed by atoms with van der Waals surface area (Å²) >= 11 is 0. The summed E-state index contributed by atoms with van der Waals surface area (Å²) in [4.78, 5) is 0. The third kappa shape index (κ3) is 3.46. The minimum absolute atomic E-state index is 0.0519. The number of benzene rings is 1. The molecule has 5 heteroatoms. The Hall–Kier alpha value is -0.580. The molecule has 1 aliphatic heterocycles. The van der Waals surface area contributed by atoms with Gasteiger partial charge in [-0.1, -0.05) is 29.8 Å². The van der Waals surface area contributed by atoms with E-state index in [4.69, 9.17) is 15.4 Å². The summed E-state index contributed by atoms with van der Waals surface area (Å²) in [7, 11) is 2.00. The van der Waals surface area contributed by atoms with Gasteiger partial charge >= 0.3 is 0 Å². The van der Waals surface area contributed by atoms with Crippen LogP contribution >= 0.6 is 10.7 Å². The molecule has 0 unspecified atom stereocenters. The molecule has 2 atom stereocenters. The highest BCUT2D eigenvalue weighted by Gasteiger charge is 2.34. The molecule has 0 aromatic heterocycles. The Balaban J connectivity index is 2.13. The first-order valence-electron chi connectivity index (χ1n) is 6.03. The van der Waals surface area contributed by atoms with Crippen LogP contribution in [-0.2, 0) is 20.2 Å². The molecule has 1 aromatic carbocycles. The van der Waals surface area contributed by atoms with Crippen molar-refractivity contribution in [2.45, 2.75) is 25.0 Å². The van der Waals surface area contributed by atoms with Crippen molar-refractivity contribution in [2.75, 3.05) is 13.2 Å². The van der Waals surface area contributed by atoms with Gasteiger partial charge in [-0.05, 0) is 25.3 Å². The molecule has 1 aromatic rings. The maximum absolute atomic E-state index is 11.6. The summed E-state index contributed by atoms with van der Waals surface area (Å²) in [6.45, 7) is 2.96. The molecule has 18 heavy (non-hydrogen) atoms. The van der Waals surface area contributed by atoms with E-state index in [0.29, 0.717) is 26.1 Å². The van der Waals surface area contributed by atoms with Gasteiger partial charge in [0.25, 0.3) is 0 Å². The lowest BCUT2D eigenvalue weighted by Gasteiger charge is -2.29. The van der Waals surface area contributed by atoms with Crippen LogP contribution in [0.25, 0.3) is 0 Å². The van der Waals surface area contributed by atoms with E-state index in [1.165, 1.54) is 5.56 Å². The highest BCUT2D eigenvalue weighted by molar-refractivity contribution is 8.14. The van der Waals surface area contributed by atoms with E-state index in [1.807, 2.05) is 31.2 Å². The zero-order valence-corrected chi connectivity index (χ0v) is 11.9. The maximum Gasteiger partial charge on any atom is 0.235 e. The molecule has 2 rings (SSSR count). The second kappa shape index (κ2) is 5.59. The molecule has 1 heterocycles. The maximum atomic E-state index is 11.6. The van der Waals surface area contributed by atoms with Crippen LogP contribution in [-0.4, -0.2) is 26.9 Å². The molecule has 0 aliphatic carbocycles. The van der Waals surface area contributed by atoms with Crippen LogP contribution in [0.5, 0.6) is 0 Å². The predicted octanol–water partition coefficient (Wildman–Crippen LogP) is 2.51. The van der Waals surface area contributed by atoms with Gasteiger partial charge in [0, 0.05) is 23.2 Å². The van der Waals surface area contributed by atoms with Crippen molar-refractivity contribution >= 4 is 19.7 Å². The van der Waals surface area contributed by atoms with Crippen molar-refractivity contribution in [1.82, 2.24) is 0 Å². The summed E-state index contributed by atoms with van der Waals surface area (Å²) in [5.41, 5.74) is 2.32. The predicted molar refractivity (Wildman–Crippen MR) is 72.4 cm³/mol. The molecule has 100 valence electrons. The van der Waals surface area contributed by atoms with Gasteiger partial charge in [0.1, 0.15) is 0 Å². The first-order valence-corrected chi connectivity index (χ1v) is 8.41. The lowest BCUT2D eigenvalue weighted by atomic mass is 9.93. The van der Waals surface area contributed by atoms with E-state index in [2.05, 4.69) is 0 Å². The average molecular weight is 289 g/mol. The molecule has 1 fully saturated rings. The number of hydrogen-bond acceptors (Lipinski definition) is 3. The smallest absolute Gasteiger partial charge is 0.235 e. The third-order valence-corrected chi connectivity index (χ3v) is 5.41. The third-order valence-electron chi connectivity index (χ3n) is 3.38. The fraction of sp³-hybridized carbons (Fsp3) is 0.538. The summed E-state index contributed by atoms with van der Waals surface area (Å²) in [6, 6.07) is 8.12. The monoisotopic (exact) mass is 288 g/mol. The molecule has 1 saturated heterocycles. The largest absolute Gasteiger partial charge is 0.381 e. The quantitative estimate of drug-likeness (QED) is 0.803. The Morgan fingerprint density at radius 2 is 2.00 bits per heavy atom. The SMILES string of the molecule is Cc1ccc(C[C@@H]2COCC[C@H]2S(=O)(=O)Cl)cc1. The molecule has 0 bridgehead atoms. The van der Waals surface area contributed by atoms with Crippen LogP contribution in [0.15, 0.2) is 24.3 Å². The molecular formula is C13H17ClO3S. The lowest BCUT2D eigenvalue weighted by molar-refractivity contribution is 0.0577. The molecular weight excluding hydrogens is 272 g/mol. The van der Waals surface area contributed by atoms with Gasteiger partial charge in [0.15, 0.2) is 0 Å². The minimum atomic E-state index is -3.51. The fourth-order valence-corrected chi connectivity index (χ4v) is 4.08. The topological polar surface area (TPSA) is 43.4 Å². The van der Waals surface area contributed by atoms with Crippen LogP contribution in [0, 0.1) is 12.8 Å². The Morgan fingerprint density at radius 1 is 1.33 bits per heavy atom. The van der Waals surface area contributed by atoms with Crippen LogP contribution < -0.4 is 0 Å². The first kappa shape index (κ1) is 13.8. The van der Waals surface area contributed by atoms with Crippen molar-refractivity contribution in [1.29, 1.82) is 0 Å². The van der Waals surface area contributed by atoms with Gasteiger partial charge in [-0.2, -0.15) is 0 Å². The van der Waals surface area contributed by atoms with Crippen LogP contribution in [0.2, 0.25) is 0 Å². The Bertz CT molecular complexity index is 495. The Kier molecular flexibility index (Phi) is 4.30. The normalized spacial score (nSPS) is 25.0. The second-order valence-electron chi connectivity index (χ2n) is 4.83. The van der Waals surface area contributed by atoms with Gasteiger partial charge in [-0.3, -0.25) is 0 Å². The number of hydrogen-bond donors (Lipinski definition) is 0. The number of aryl methyl sites for hydroxylation is 1. The zero-order chi connectivity index (χ0) is 13.2. The second-order valence-corrected chi connectivity index (χ2v) is 7.67. The van der Waals surface area contributed by atoms with E-state index in [-0.39, 0.29) is 5.92 Å². The van der Waals surface area contributed by atoms with Gasteiger partial charge in [-0.25, -0.2) is 8.42 Å². The fourth-order valence-electron chi connectivity index (χ4n) is 2.37. The van der Waals surface area contributed by atoms with Crippen molar-refractivity contribution in [2.24, 2.45) is 5.92 Å². The molecule has 0 spiro atoms. The summed E-state index contributed by atoms with van der Waals surface area (Å²) in [6.07, 6.45) is 1.18. The first-order chi connectivity index (χ1) is 8.47. The molecule has 0 saturated carbocycles. The highest BCUT2D eigenvalue weighted by atomic mass is 35.7. The van der Waals surface area contributed by atoms with E-state index in [1.54, 1.807) is 0 Å². The van der Waals surface area contributed by atoms with Gasteiger partial charge in [0.2, 0.25) is 9.05 Å². The van der Waals surface area contributed by atoms with Gasteiger partial charge < -0.3 is 4.74 Å². The van der Waals surface area contributed by atoms with Gasteiger partial charge in [0.05, 0.1) is 11.9 Å². The van der Waals surface area contributed by atoms with Crippen molar-refractivity contribution in [3.05, 3.63) is 35.4 Å².